The van der Waals surface area contributed by atoms with E-state index in [2.05, 4.69) is 17.6 Å². The fourth-order valence-corrected chi connectivity index (χ4v) is 5.26. The van der Waals surface area contributed by atoms with Gasteiger partial charge in [-0.25, -0.2) is 8.42 Å². The molecule has 0 saturated carbocycles. The number of sulfonamides is 1. The fraction of sp³-hybridized carbons (Fsp3) is 0.364. The van der Waals surface area contributed by atoms with Crippen molar-refractivity contribution in [3.63, 3.8) is 0 Å². The number of rotatable bonds is 6. The van der Waals surface area contributed by atoms with E-state index in [-0.39, 0.29) is 16.6 Å². The van der Waals surface area contributed by atoms with Crippen LogP contribution in [0.25, 0.3) is 0 Å². The molecule has 1 amide bonds. The van der Waals surface area contributed by atoms with Gasteiger partial charge >= 0.3 is 0 Å². The van der Waals surface area contributed by atoms with Gasteiger partial charge in [-0.1, -0.05) is 18.5 Å². The van der Waals surface area contributed by atoms with Crippen LogP contribution in [0.5, 0.6) is 5.75 Å². The minimum absolute atomic E-state index is 0.0899. The smallest absolute Gasteiger partial charge is 0.264 e. The maximum Gasteiger partial charge on any atom is 0.264 e. The van der Waals surface area contributed by atoms with E-state index >= 15 is 0 Å². The summed E-state index contributed by atoms with van der Waals surface area (Å²) in [6.45, 7) is 4.84. The molecule has 2 aromatic rings. The number of nitrogens with one attached hydrogen (secondary N) is 2. The number of anilines is 1. The summed E-state index contributed by atoms with van der Waals surface area (Å²) in [5.74, 6) is 0.684. The normalized spacial score (nSPS) is 15.2. The Morgan fingerprint density at radius 2 is 1.84 bits per heavy atom. The molecule has 1 aliphatic heterocycles. The zero-order chi connectivity index (χ0) is 23.3. The van der Waals surface area contributed by atoms with Gasteiger partial charge in [0.1, 0.15) is 5.75 Å². The number of nitrogens with zero attached hydrogens (tertiary/aromatic N) is 1. The third-order valence-electron chi connectivity index (χ3n) is 5.24. The number of hydrogen-bond donors (Lipinski definition) is 2. The Balaban J connectivity index is 1.51. The number of ether oxygens (including phenoxy) is 1. The Kier molecular flexibility index (Phi) is 8.10. The van der Waals surface area contributed by atoms with E-state index in [1.54, 1.807) is 30.3 Å². The number of piperidine rings is 1. The first-order valence-corrected chi connectivity index (χ1v) is 12.5. The molecule has 0 spiro atoms. The highest BCUT2D eigenvalue weighted by molar-refractivity contribution is 7.89. The van der Waals surface area contributed by atoms with Crippen LogP contribution in [0.2, 0.25) is 5.02 Å². The molecule has 1 heterocycles. The van der Waals surface area contributed by atoms with Crippen LogP contribution in [0.15, 0.2) is 47.4 Å². The number of amides is 1. The average molecular weight is 496 g/mol. The summed E-state index contributed by atoms with van der Waals surface area (Å²) in [6, 6.07) is 11.4. The van der Waals surface area contributed by atoms with Crippen molar-refractivity contribution in [2.24, 2.45) is 5.92 Å². The Bertz CT molecular complexity index is 1080. The van der Waals surface area contributed by atoms with E-state index in [4.69, 9.17) is 28.6 Å². The van der Waals surface area contributed by atoms with Crippen molar-refractivity contribution in [2.45, 2.75) is 31.6 Å². The van der Waals surface area contributed by atoms with Gasteiger partial charge in [0, 0.05) is 23.8 Å². The third-order valence-corrected chi connectivity index (χ3v) is 7.59. The zero-order valence-electron chi connectivity index (χ0n) is 17.9. The number of benzene rings is 2. The number of hydrogen-bond acceptors (Lipinski definition) is 5. The quantitative estimate of drug-likeness (QED) is 0.590. The Morgan fingerprint density at radius 3 is 2.47 bits per heavy atom. The van der Waals surface area contributed by atoms with Gasteiger partial charge in [-0.3, -0.25) is 10.1 Å². The Hall–Kier alpha value is -2.20. The van der Waals surface area contributed by atoms with Gasteiger partial charge in [0.05, 0.1) is 4.90 Å². The molecule has 0 aromatic heterocycles. The van der Waals surface area contributed by atoms with Crippen LogP contribution < -0.4 is 15.4 Å². The molecule has 0 radical (unpaired) electrons. The SMILES string of the molecule is Cc1cc(Cl)ccc1OCC(=O)NC(=S)Nc1ccc(S(=O)(=O)N2CCC(C)CC2)cc1. The van der Waals surface area contributed by atoms with Crippen molar-refractivity contribution in [3.05, 3.63) is 53.1 Å². The summed E-state index contributed by atoms with van der Waals surface area (Å²) >= 11 is 11.1. The zero-order valence-corrected chi connectivity index (χ0v) is 20.3. The summed E-state index contributed by atoms with van der Waals surface area (Å²) in [4.78, 5) is 12.3. The standard InChI is InChI=1S/C22H26ClN3O4S2/c1-15-9-11-26(12-10-15)32(28,29)19-6-4-18(5-7-19)24-22(31)25-21(27)14-30-20-8-3-17(23)13-16(20)2/h3-8,13,15H,9-12,14H2,1-2H3,(H2,24,25,27,31). The second-order valence-electron chi connectivity index (χ2n) is 7.81. The summed E-state index contributed by atoms with van der Waals surface area (Å²) < 4.78 is 32.6. The van der Waals surface area contributed by atoms with Crippen molar-refractivity contribution in [1.29, 1.82) is 0 Å². The van der Waals surface area contributed by atoms with Crippen LogP contribution in [0.1, 0.15) is 25.3 Å². The molecule has 172 valence electrons. The molecule has 1 saturated heterocycles. The van der Waals surface area contributed by atoms with E-state index in [0.29, 0.717) is 35.5 Å². The van der Waals surface area contributed by atoms with Gasteiger partial charge in [-0.2, -0.15) is 4.31 Å². The maximum absolute atomic E-state index is 12.8. The number of carbonyl (C=O) groups excluding carboxylic acids is 1. The van der Waals surface area contributed by atoms with Gasteiger partial charge in [0.2, 0.25) is 10.0 Å². The molecule has 1 fully saturated rings. The van der Waals surface area contributed by atoms with Crippen LogP contribution >= 0.6 is 23.8 Å². The van der Waals surface area contributed by atoms with Gasteiger partial charge < -0.3 is 10.1 Å². The Morgan fingerprint density at radius 1 is 1.19 bits per heavy atom. The third kappa shape index (κ3) is 6.41. The van der Waals surface area contributed by atoms with Gasteiger partial charge in [0.25, 0.3) is 5.91 Å². The first-order chi connectivity index (χ1) is 15.1. The van der Waals surface area contributed by atoms with E-state index < -0.39 is 15.9 Å². The van der Waals surface area contributed by atoms with Crippen LogP contribution in [0, 0.1) is 12.8 Å². The minimum Gasteiger partial charge on any atom is -0.483 e. The lowest BCUT2D eigenvalue weighted by atomic mass is 10.0. The van der Waals surface area contributed by atoms with E-state index in [1.165, 1.54) is 16.4 Å². The summed E-state index contributed by atoms with van der Waals surface area (Å²) in [7, 11) is -3.51. The van der Waals surface area contributed by atoms with Gasteiger partial charge in [-0.05, 0) is 85.9 Å². The largest absolute Gasteiger partial charge is 0.483 e. The van der Waals surface area contributed by atoms with Crippen LogP contribution in [0.3, 0.4) is 0 Å². The van der Waals surface area contributed by atoms with Crippen LogP contribution in [-0.4, -0.2) is 43.4 Å². The molecule has 0 bridgehead atoms. The first kappa shape index (κ1) is 24.4. The predicted octanol–water partition coefficient (Wildman–Crippen LogP) is 3.96. The average Bonchev–Trinajstić information content (AvgIpc) is 2.73. The summed E-state index contributed by atoms with van der Waals surface area (Å²) in [5, 5.41) is 6.09. The molecule has 1 aliphatic rings. The molecule has 32 heavy (non-hydrogen) atoms. The maximum atomic E-state index is 12.8. The van der Waals surface area contributed by atoms with Crippen LogP contribution in [0.4, 0.5) is 5.69 Å². The van der Waals surface area contributed by atoms with E-state index in [9.17, 15) is 13.2 Å². The number of aryl methyl sites for hydroxylation is 1. The topological polar surface area (TPSA) is 87.7 Å². The van der Waals surface area contributed by atoms with Gasteiger partial charge in [0.15, 0.2) is 11.7 Å². The second kappa shape index (κ2) is 10.6. The molecule has 3 rings (SSSR count). The number of thiocarbonyl (C=S) groups is 1. The first-order valence-electron chi connectivity index (χ1n) is 10.2. The second-order valence-corrected chi connectivity index (χ2v) is 10.6. The fourth-order valence-electron chi connectivity index (χ4n) is 3.33. The highest BCUT2D eigenvalue weighted by atomic mass is 35.5. The Labute approximate surface area is 199 Å². The molecular weight excluding hydrogens is 470 g/mol. The van der Waals surface area contributed by atoms with E-state index in [1.807, 2.05) is 6.92 Å². The predicted molar refractivity (Wildman–Crippen MR) is 130 cm³/mol. The minimum atomic E-state index is -3.51. The molecule has 0 aliphatic carbocycles. The van der Waals surface area contributed by atoms with Crippen molar-refractivity contribution >= 4 is 50.5 Å². The van der Waals surface area contributed by atoms with Crippen molar-refractivity contribution < 1.29 is 17.9 Å². The van der Waals surface area contributed by atoms with E-state index in [0.717, 1.165) is 18.4 Å². The molecule has 0 unspecified atom stereocenters. The van der Waals surface area contributed by atoms with Crippen molar-refractivity contribution in [1.82, 2.24) is 9.62 Å². The molecule has 0 atom stereocenters. The molecule has 2 aromatic carbocycles. The monoisotopic (exact) mass is 495 g/mol. The molecular formula is C22H26ClN3O4S2. The highest BCUT2D eigenvalue weighted by Crippen LogP contribution is 2.24. The van der Waals surface area contributed by atoms with Crippen molar-refractivity contribution in [2.75, 3.05) is 25.0 Å². The summed E-state index contributed by atoms with van der Waals surface area (Å²) in [5.41, 5.74) is 1.39. The highest BCUT2D eigenvalue weighted by Gasteiger charge is 2.27. The lowest BCUT2D eigenvalue weighted by Crippen LogP contribution is -2.38. The molecule has 10 heteroatoms. The molecule has 2 N–H and O–H groups in total. The lowest BCUT2D eigenvalue weighted by Gasteiger charge is -2.29. The van der Waals surface area contributed by atoms with Crippen LogP contribution in [-0.2, 0) is 14.8 Å². The summed E-state index contributed by atoms with van der Waals surface area (Å²) in [6.07, 6.45) is 1.74. The molecule has 7 nitrogen and oxygen atoms in total. The lowest BCUT2D eigenvalue weighted by molar-refractivity contribution is -0.121. The van der Waals surface area contributed by atoms with Gasteiger partial charge in [-0.15, -0.1) is 0 Å². The number of carbonyl (C=O) groups is 1. The van der Waals surface area contributed by atoms with Crippen molar-refractivity contribution in [3.8, 4) is 5.75 Å². The number of halogens is 1.